The molecular weight excluding hydrogens is 178 g/mol. The average molecular weight is 193 g/mol. The molecule has 13 heavy (non-hydrogen) atoms. The Balaban J connectivity index is 2.15. The Bertz CT molecular complexity index is 260. The van der Waals surface area contributed by atoms with Gasteiger partial charge in [-0.2, -0.15) is 12.6 Å². The summed E-state index contributed by atoms with van der Waals surface area (Å²) in [4.78, 5) is 2.38. The molecule has 1 aliphatic rings. The Hall–Kier alpha value is -0.630. The van der Waals surface area contributed by atoms with E-state index in [-0.39, 0.29) is 0 Å². The van der Waals surface area contributed by atoms with Crippen LogP contribution < -0.4 is 4.90 Å². The van der Waals surface area contributed by atoms with Crippen molar-refractivity contribution in [1.82, 2.24) is 0 Å². The number of para-hydroxylation sites is 1. The molecule has 1 fully saturated rings. The minimum Gasteiger partial charge on any atom is -0.360 e. The minimum absolute atomic E-state index is 0.413. The van der Waals surface area contributed by atoms with E-state index in [2.05, 4.69) is 47.9 Å². The lowest BCUT2D eigenvalue weighted by molar-refractivity contribution is 0.553. The molecular formula is C11H15NS. The van der Waals surface area contributed by atoms with Crippen LogP contribution in [-0.2, 0) is 0 Å². The van der Waals surface area contributed by atoms with Gasteiger partial charge in [0.05, 0.1) is 5.37 Å². The summed E-state index contributed by atoms with van der Waals surface area (Å²) < 4.78 is 0. The summed E-state index contributed by atoms with van der Waals surface area (Å²) in [5.41, 5.74) is 1.31. The number of hydrogen-bond acceptors (Lipinski definition) is 2. The van der Waals surface area contributed by atoms with Gasteiger partial charge in [0, 0.05) is 12.2 Å². The van der Waals surface area contributed by atoms with Gasteiger partial charge in [0.2, 0.25) is 0 Å². The minimum atomic E-state index is 0.413. The molecule has 1 aromatic rings. The van der Waals surface area contributed by atoms with Crippen molar-refractivity contribution in [3.05, 3.63) is 30.3 Å². The maximum Gasteiger partial charge on any atom is 0.0721 e. The van der Waals surface area contributed by atoms with Gasteiger partial charge in [0.15, 0.2) is 0 Å². The maximum absolute atomic E-state index is 4.59. The Kier molecular flexibility index (Phi) is 2.79. The molecule has 0 saturated carbocycles. The number of anilines is 1. The highest BCUT2D eigenvalue weighted by Gasteiger charge is 2.18. The molecule has 1 atom stereocenters. The normalized spacial score (nSPS) is 23.2. The van der Waals surface area contributed by atoms with Gasteiger partial charge >= 0.3 is 0 Å². The van der Waals surface area contributed by atoms with Crippen LogP contribution >= 0.6 is 12.6 Å². The molecule has 0 aliphatic carbocycles. The van der Waals surface area contributed by atoms with Gasteiger partial charge < -0.3 is 4.90 Å². The second kappa shape index (κ2) is 4.05. The van der Waals surface area contributed by atoms with Crippen molar-refractivity contribution in [3.63, 3.8) is 0 Å². The van der Waals surface area contributed by atoms with Gasteiger partial charge in [-0.15, -0.1) is 0 Å². The first-order valence-corrected chi connectivity index (χ1v) is 5.39. The van der Waals surface area contributed by atoms with Crippen molar-refractivity contribution in [2.75, 3.05) is 11.4 Å². The fourth-order valence-electron chi connectivity index (χ4n) is 1.83. The number of thiol groups is 1. The van der Waals surface area contributed by atoms with Crippen LogP contribution in [0.2, 0.25) is 0 Å². The van der Waals surface area contributed by atoms with Crippen LogP contribution in [0, 0.1) is 0 Å². The monoisotopic (exact) mass is 193 g/mol. The zero-order chi connectivity index (χ0) is 9.10. The molecule has 0 bridgehead atoms. The van der Waals surface area contributed by atoms with Gasteiger partial charge in [-0.05, 0) is 31.4 Å². The molecule has 0 aromatic heterocycles. The highest BCUT2D eigenvalue weighted by molar-refractivity contribution is 7.81. The smallest absolute Gasteiger partial charge is 0.0721 e. The number of nitrogens with zero attached hydrogens (tertiary/aromatic N) is 1. The van der Waals surface area contributed by atoms with E-state index in [1.54, 1.807) is 0 Å². The SMILES string of the molecule is SC1CCCCN1c1ccccc1. The number of piperidine rings is 1. The van der Waals surface area contributed by atoms with Crippen LogP contribution in [0.1, 0.15) is 19.3 Å². The fourth-order valence-corrected chi connectivity index (χ4v) is 2.27. The molecule has 0 amide bonds. The Morgan fingerprint density at radius 2 is 1.92 bits per heavy atom. The van der Waals surface area contributed by atoms with E-state index >= 15 is 0 Å². The van der Waals surface area contributed by atoms with Crippen LogP contribution in [0.5, 0.6) is 0 Å². The van der Waals surface area contributed by atoms with E-state index in [1.165, 1.54) is 24.9 Å². The van der Waals surface area contributed by atoms with Crippen molar-refractivity contribution >= 4 is 18.3 Å². The van der Waals surface area contributed by atoms with E-state index in [4.69, 9.17) is 0 Å². The molecule has 1 saturated heterocycles. The van der Waals surface area contributed by atoms with E-state index in [9.17, 15) is 0 Å². The maximum atomic E-state index is 4.59. The Labute approximate surface area is 85.2 Å². The van der Waals surface area contributed by atoms with Crippen LogP contribution in [0.4, 0.5) is 5.69 Å². The van der Waals surface area contributed by atoms with E-state index in [1.807, 2.05) is 0 Å². The molecule has 0 N–H and O–H groups in total. The largest absolute Gasteiger partial charge is 0.360 e. The third kappa shape index (κ3) is 1.99. The lowest BCUT2D eigenvalue weighted by atomic mass is 10.1. The summed E-state index contributed by atoms with van der Waals surface area (Å²) in [6.45, 7) is 1.15. The molecule has 1 aromatic carbocycles. The molecule has 1 heterocycles. The van der Waals surface area contributed by atoms with Gasteiger partial charge in [-0.1, -0.05) is 18.2 Å². The topological polar surface area (TPSA) is 3.24 Å². The Morgan fingerprint density at radius 1 is 1.15 bits per heavy atom. The lowest BCUT2D eigenvalue weighted by Crippen LogP contribution is -2.35. The lowest BCUT2D eigenvalue weighted by Gasteiger charge is -2.34. The third-order valence-corrected chi connectivity index (χ3v) is 3.10. The predicted octanol–water partition coefficient (Wildman–Crippen LogP) is 2.93. The predicted molar refractivity (Wildman–Crippen MR) is 60.4 cm³/mol. The molecule has 1 aliphatic heterocycles. The summed E-state index contributed by atoms with van der Waals surface area (Å²) in [7, 11) is 0. The summed E-state index contributed by atoms with van der Waals surface area (Å²) in [5.74, 6) is 0. The highest BCUT2D eigenvalue weighted by Crippen LogP contribution is 2.25. The van der Waals surface area contributed by atoms with Crippen LogP contribution in [0.15, 0.2) is 30.3 Å². The number of benzene rings is 1. The molecule has 2 heteroatoms. The molecule has 0 radical (unpaired) electrons. The second-order valence-corrected chi connectivity index (χ2v) is 4.10. The number of hydrogen-bond donors (Lipinski definition) is 1. The van der Waals surface area contributed by atoms with Crippen LogP contribution in [0.3, 0.4) is 0 Å². The fraction of sp³-hybridized carbons (Fsp3) is 0.455. The van der Waals surface area contributed by atoms with Gasteiger partial charge in [0.25, 0.3) is 0 Å². The first kappa shape index (κ1) is 8.95. The first-order valence-electron chi connectivity index (χ1n) is 4.88. The van der Waals surface area contributed by atoms with E-state index in [0.717, 1.165) is 6.54 Å². The van der Waals surface area contributed by atoms with Gasteiger partial charge in [-0.3, -0.25) is 0 Å². The van der Waals surface area contributed by atoms with E-state index < -0.39 is 0 Å². The molecule has 1 unspecified atom stereocenters. The standard InChI is InChI=1S/C11H15NS/c13-11-8-4-5-9-12(11)10-6-2-1-3-7-10/h1-3,6-7,11,13H,4-5,8-9H2. The zero-order valence-corrected chi connectivity index (χ0v) is 8.58. The summed E-state index contributed by atoms with van der Waals surface area (Å²) in [5, 5.41) is 0.413. The average Bonchev–Trinajstić information content (AvgIpc) is 2.20. The van der Waals surface area contributed by atoms with Crippen molar-refractivity contribution in [3.8, 4) is 0 Å². The van der Waals surface area contributed by atoms with E-state index in [0.29, 0.717) is 5.37 Å². The van der Waals surface area contributed by atoms with Crippen LogP contribution in [0.25, 0.3) is 0 Å². The van der Waals surface area contributed by atoms with Gasteiger partial charge in [-0.25, -0.2) is 0 Å². The quantitative estimate of drug-likeness (QED) is 0.671. The molecule has 2 rings (SSSR count). The molecule has 0 spiro atoms. The summed E-state index contributed by atoms with van der Waals surface area (Å²) in [6.07, 6.45) is 3.82. The third-order valence-electron chi connectivity index (χ3n) is 2.56. The van der Waals surface area contributed by atoms with Crippen molar-refractivity contribution in [2.24, 2.45) is 0 Å². The Morgan fingerprint density at radius 3 is 2.62 bits per heavy atom. The van der Waals surface area contributed by atoms with Crippen molar-refractivity contribution < 1.29 is 0 Å². The van der Waals surface area contributed by atoms with Crippen molar-refractivity contribution in [2.45, 2.75) is 24.6 Å². The second-order valence-electron chi connectivity index (χ2n) is 3.51. The highest BCUT2D eigenvalue weighted by atomic mass is 32.1. The molecule has 1 nitrogen and oxygen atoms in total. The summed E-state index contributed by atoms with van der Waals surface area (Å²) in [6, 6.07) is 10.6. The zero-order valence-electron chi connectivity index (χ0n) is 7.69. The van der Waals surface area contributed by atoms with Crippen molar-refractivity contribution in [1.29, 1.82) is 0 Å². The van der Waals surface area contributed by atoms with Crippen LogP contribution in [-0.4, -0.2) is 11.9 Å². The molecule has 70 valence electrons. The number of rotatable bonds is 1. The van der Waals surface area contributed by atoms with Gasteiger partial charge in [0.1, 0.15) is 0 Å². The first-order chi connectivity index (χ1) is 6.38. The summed E-state index contributed by atoms with van der Waals surface area (Å²) >= 11 is 4.59.